The van der Waals surface area contributed by atoms with E-state index in [2.05, 4.69) is 35.6 Å². The third kappa shape index (κ3) is 11.2. The minimum atomic E-state index is -2.31. The zero-order valence-corrected chi connectivity index (χ0v) is 33.1. The molecule has 0 radical (unpaired) electrons. The lowest BCUT2D eigenvalue weighted by atomic mass is 9.93. The number of nitrogens with zero attached hydrogens (tertiary/aromatic N) is 5. The highest BCUT2D eigenvalue weighted by atomic mass is 31.2. The molecule has 1 saturated heterocycles. The number of carbonyl (C=O) groups excluding carboxylic acids is 1. The normalized spacial score (nSPS) is 14.7. The number of imidazole rings is 1. The number of benzene rings is 2. The number of hydrogen-bond donors (Lipinski definition) is 1. The largest absolute Gasteiger partial charge is 0.473 e. The van der Waals surface area contributed by atoms with Crippen LogP contribution in [0.15, 0.2) is 54.6 Å². The van der Waals surface area contributed by atoms with Crippen LogP contribution in [0, 0.1) is 17.1 Å². The summed E-state index contributed by atoms with van der Waals surface area (Å²) in [5, 5.41) is 12.2. The molecule has 5 rings (SSSR count). The first-order valence-corrected chi connectivity index (χ1v) is 21.3. The molecule has 0 saturated carbocycles. The molecule has 0 aliphatic carbocycles. The van der Waals surface area contributed by atoms with E-state index in [1.807, 2.05) is 63.6 Å². The Morgan fingerprint density at radius 2 is 1.83 bits per heavy atom. The molecule has 4 aromatic rings. The second-order valence-electron chi connectivity index (χ2n) is 15.9. The standard InChI is InChI=1S/C41H54FN6O4P/c1-8-41(4,5)52-22-18-40(2,3)46-39(49)31-14-15-35-36(25-31)48(21-23-53(6,7)50)37(44-35)27-47-19-16-30(17-20-47)34-10-9-11-38(45-34)51-28-32-13-12-29(26-43)24-33(32)42/h9-15,24-25,30H,8,16-23,27-28H2,1-7H3,(H,46,49). The summed E-state index contributed by atoms with van der Waals surface area (Å²) in [4.78, 5) is 25.7. The lowest BCUT2D eigenvalue weighted by molar-refractivity contribution is -0.0271. The molecular formula is C41H54FN6O4P. The van der Waals surface area contributed by atoms with Crippen LogP contribution in [0.2, 0.25) is 0 Å². The van der Waals surface area contributed by atoms with Crippen LogP contribution in [0.3, 0.4) is 0 Å². The van der Waals surface area contributed by atoms with Crippen molar-refractivity contribution in [3.63, 3.8) is 0 Å². The van der Waals surface area contributed by atoms with Crippen molar-refractivity contribution in [1.82, 2.24) is 24.8 Å². The monoisotopic (exact) mass is 744 g/mol. The van der Waals surface area contributed by atoms with E-state index in [-0.39, 0.29) is 29.6 Å². The fourth-order valence-electron chi connectivity index (χ4n) is 6.36. The molecule has 1 N–H and O–H groups in total. The number of ether oxygens (including phenoxy) is 2. The number of halogens is 1. The van der Waals surface area contributed by atoms with Crippen LogP contribution in [0.4, 0.5) is 4.39 Å². The van der Waals surface area contributed by atoms with Crippen LogP contribution < -0.4 is 10.1 Å². The lowest BCUT2D eigenvalue weighted by Gasteiger charge is -2.31. The van der Waals surface area contributed by atoms with Crippen LogP contribution in [-0.2, 0) is 29.0 Å². The average Bonchev–Trinajstić information content (AvgIpc) is 3.45. The van der Waals surface area contributed by atoms with Gasteiger partial charge in [0.1, 0.15) is 18.2 Å². The Kier molecular flexibility index (Phi) is 12.8. The van der Waals surface area contributed by atoms with Gasteiger partial charge < -0.3 is 23.9 Å². The number of aryl methyl sites for hydroxylation is 1. The van der Waals surface area contributed by atoms with Crippen LogP contribution in [0.1, 0.15) is 99.2 Å². The number of rotatable bonds is 16. The summed E-state index contributed by atoms with van der Waals surface area (Å²) in [5.74, 6) is 0.959. The number of likely N-dealkylation sites (tertiary alicyclic amines) is 1. The summed E-state index contributed by atoms with van der Waals surface area (Å²) in [6, 6.07) is 17.6. The van der Waals surface area contributed by atoms with Gasteiger partial charge in [-0.25, -0.2) is 14.4 Å². The van der Waals surface area contributed by atoms with Gasteiger partial charge in [0.25, 0.3) is 5.91 Å². The molecule has 53 heavy (non-hydrogen) atoms. The maximum Gasteiger partial charge on any atom is 0.251 e. The topological polar surface area (TPSA) is 122 Å². The van der Waals surface area contributed by atoms with Crippen LogP contribution in [0.5, 0.6) is 5.88 Å². The number of fused-ring (bicyclic) bond motifs is 1. The second kappa shape index (κ2) is 16.9. The van der Waals surface area contributed by atoms with Crippen molar-refractivity contribution in [2.24, 2.45) is 0 Å². The molecule has 0 spiro atoms. The minimum Gasteiger partial charge on any atom is -0.473 e. The summed E-state index contributed by atoms with van der Waals surface area (Å²) >= 11 is 0. The fraction of sp³-hybridized carbons (Fsp3) is 0.512. The van der Waals surface area contributed by atoms with Gasteiger partial charge in [0, 0.05) is 53.7 Å². The average molecular weight is 745 g/mol. The zero-order chi connectivity index (χ0) is 38.4. The van der Waals surface area contributed by atoms with Crippen LogP contribution in [0.25, 0.3) is 11.0 Å². The van der Waals surface area contributed by atoms with E-state index in [1.54, 1.807) is 18.2 Å². The first-order valence-electron chi connectivity index (χ1n) is 18.5. The molecule has 0 bridgehead atoms. The van der Waals surface area contributed by atoms with E-state index in [0.29, 0.717) is 49.3 Å². The number of pyridine rings is 1. The predicted molar refractivity (Wildman–Crippen MR) is 207 cm³/mol. The predicted octanol–water partition coefficient (Wildman–Crippen LogP) is 8.13. The summed E-state index contributed by atoms with van der Waals surface area (Å²) < 4.78 is 41.2. The summed E-state index contributed by atoms with van der Waals surface area (Å²) in [5.41, 5.74) is 3.16. The minimum absolute atomic E-state index is 0.0241. The van der Waals surface area contributed by atoms with Crippen molar-refractivity contribution < 1.29 is 23.2 Å². The molecular weight excluding hydrogens is 690 g/mol. The van der Waals surface area contributed by atoms with E-state index in [4.69, 9.17) is 24.7 Å². The molecule has 2 aromatic carbocycles. The molecule has 12 heteroatoms. The number of hydrogen-bond acceptors (Lipinski definition) is 8. The highest BCUT2D eigenvalue weighted by molar-refractivity contribution is 7.62. The second-order valence-corrected chi connectivity index (χ2v) is 19.5. The Balaban J connectivity index is 1.24. The number of amides is 1. The molecule has 1 amide bonds. The molecule has 10 nitrogen and oxygen atoms in total. The van der Waals surface area contributed by atoms with Crippen molar-refractivity contribution in [3.05, 3.63) is 88.6 Å². The van der Waals surface area contributed by atoms with Gasteiger partial charge in [-0.3, -0.25) is 9.69 Å². The number of aromatic nitrogens is 3. The molecule has 1 fully saturated rings. The Morgan fingerprint density at radius 1 is 1.08 bits per heavy atom. The van der Waals surface area contributed by atoms with Gasteiger partial charge in [0.05, 0.1) is 42.0 Å². The van der Waals surface area contributed by atoms with Gasteiger partial charge in [-0.15, -0.1) is 0 Å². The van der Waals surface area contributed by atoms with Crippen molar-refractivity contribution in [3.8, 4) is 11.9 Å². The van der Waals surface area contributed by atoms with Gasteiger partial charge in [-0.1, -0.05) is 19.1 Å². The maximum atomic E-state index is 14.4. The van der Waals surface area contributed by atoms with Crippen LogP contribution >= 0.6 is 7.14 Å². The number of piperidine rings is 1. The quantitative estimate of drug-likeness (QED) is 0.114. The molecule has 1 aliphatic heterocycles. The molecule has 1 aliphatic rings. The lowest BCUT2D eigenvalue weighted by Crippen LogP contribution is -2.44. The Hall–Kier alpha value is -4.10. The van der Waals surface area contributed by atoms with Crippen molar-refractivity contribution >= 4 is 24.1 Å². The smallest absolute Gasteiger partial charge is 0.251 e. The van der Waals surface area contributed by atoms with Gasteiger partial charge in [-0.2, -0.15) is 5.26 Å². The molecule has 2 aromatic heterocycles. The Morgan fingerprint density at radius 3 is 2.51 bits per heavy atom. The van der Waals surface area contributed by atoms with E-state index in [0.717, 1.165) is 54.9 Å². The number of nitrogens with one attached hydrogen (secondary N) is 1. The van der Waals surface area contributed by atoms with Gasteiger partial charge in [0.2, 0.25) is 5.88 Å². The molecule has 0 atom stereocenters. The van der Waals surface area contributed by atoms with Gasteiger partial charge >= 0.3 is 0 Å². The number of nitriles is 1. The highest BCUT2D eigenvalue weighted by Crippen LogP contribution is 2.36. The Bertz CT molecular complexity index is 1990. The first kappa shape index (κ1) is 40.1. The summed E-state index contributed by atoms with van der Waals surface area (Å²) in [7, 11) is -2.31. The van der Waals surface area contributed by atoms with E-state index in [9.17, 15) is 13.8 Å². The third-order valence-electron chi connectivity index (χ3n) is 10.1. The van der Waals surface area contributed by atoms with Crippen molar-refractivity contribution in [1.29, 1.82) is 5.26 Å². The van der Waals surface area contributed by atoms with E-state index in [1.165, 1.54) is 6.07 Å². The zero-order valence-electron chi connectivity index (χ0n) is 32.2. The fourth-order valence-corrected chi connectivity index (χ4v) is 7.04. The third-order valence-corrected chi connectivity index (χ3v) is 11.4. The Labute approximate surface area is 313 Å². The molecule has 3 heterocycles. The highest BCUT2D eigenvalue weighted by Gasteiger charge is 2.26. The number of carbonyl (C=O) groups is 1. The van der Waals surface area contributed by atoms with E-state index < -0.39 is 18.5 Å². The SMILES string of the molecule is CCC(C)(C)OCCC(C)(C)NC(=O)c1ccc2nc(CN3CCC(c4cccc(OCc5ccc(C#N)cc5F)n4)CC3)n(CCP(C)(C)=O)c2c1. The first-order chi connectivity index (χ1) is 25.0. The molecule has 284 valence electrons. The summed E-state index contributed by atoms with van der Waals surface area (Å²) in [6.45, 7) is 17.3. The maximum absolute atomic E-state index is 14.4. The van der Waals surface area contributed by atoms with Crippen molar-refractivity contribution in [2.75, 3.05) is 39.2 Å². The summed E-state index contributed by atoms with van der Waals surface area (Å²) in [6.07, 6.45) is 3.94. The van der Waals surface area contributed by atoms with Crippen molar-refractivity contribution in [2.45, 2.75) is 97.1 Å². The van der Waals surface area contributed by atoms with Crippen LogP contribution in [-0.4, -0.2) is 75.7 Å². The van der Waals surface area contributed by atoms with Gasteiger partial charge in [-0.05, 0) is 116 Å². The van der Waals surface area contributed by atoms with Gasteiger partial charge in [0.15, 0.2) is 0 Å². The van der Waals surface area contributed by atoms with E-state index >= 15 is 0 Å². The molecule has 0 unspecified atom stereocenters.